The molecular formula is C18H21NO. The molecule has 1 aliphatic rings. The van der Waals surface area contributed by atoms with Crippen molar-refractivity contribution >= 4 is 0 Å². The summed E-state index contributed by atoms with van der Waals surface area (Å²) in [4.78, 5) is 2.50. The van der Waals surface area contributed by atoms with Crippen molar-refractivity contribution < 1.29 is 4.42 Å². The van der Waals surface area contributed by atoms with Crippen LogP contribution >= 0.6 is 0 Å². The van der Waals surface area contributed by atoms with Crippen LogP contribution < -0.4 is 0 Å². The van der Waals surface area contributed by atoms with Crippen LogP contribution in [0.15, 0.2) is 64.9 Å². The fourth-order valence-corrected chi connectivity index (χ4v) is 2.87. The molecule has 0 radical (unpaired) electrons. The SMILES string of the molecule is C/C=C1/[C@@H](CCCc2ccco2)N1Cc1ccccc1. The maximum absolute atomic E-state index is 5.38. The molecule has 0 amide bonds. The number of rotatable bonds is 6. The number of nitrogens with zero attached hydrogens (tertiary/aromatic N) is 1. The third-order valence-electron chi connectivity index (χ3n) is 3.95. The summed E-state index contributed by atoms with van der Waals surface area (Å²) in [6, 6.07) is 15.4. The largest absolute Gasteiger partial charge is 0.469 e. The van der Waals surface area contributed by atoms with Crippen molar-refractivity contribution in [3.8, 4) is 0 Å². The predicted molar refractivity (Wildman–Crippen MR) is 81.2 cm³/mol. The summed E-state index contributed by atoms with van der Waals surface area (Å²) in [6.07, 6.45) is 7.44. The van der Waals surface area contributed by atoms with E-state index in [1.807, 2.05) is 6.07 Å². The standard InChI is InChI=1S/C18H21NO/c1-2-17-18(12-6-10-16-11-7-13-20-16)19(17)14-15-8-4-3-5-9-15/h2-5,7-9,11,13,18H,6,10,12,14H2,1H3/b17-2-/t18-,19?/m1/s1. The molecule has 0 spiro atoms. The predicted octanol–water partition coefficient (Wildman–Crippen LogP) is 4.39. The summed E-state index contributed by atoms with van der Waals surface area (Å²) in [5.74, 6) is 1.10. The number of hydrogen-bond donors (Lipinski definition) is 0. The summed E-state index contributed by atoms with van der Waals surface area (Å²) in [6.45, 7) is 3.17. The van der Waals surface area contributed by atoms with E-state index >= 15 is 0 Å². The molecule has 2 aromatic rings. The third-order valence-corrected chi connectivity index (χ3v) is 3.95. The Morgan fingerprint density at radius 2 is 2.00 bits per heavy atom. The first kappa shape index (κ1) is 13.0. The number of allylic oxidation sites excluding steroid dienone is 1. The van der Waals surface area contributed by atoms with Crippen LogP contribution in [0.4, 0.5) is 0 Å². The highest BCUT2D eigenvalue weighted by atomic mass is 16.3. The molecule has 0 aliphatic carbocycles. The van der Waals surface area contributed by atoms with E-state index in [0.29, 0.717) is 6.04 Å². The Morgan fingerprint density at radius 1 is 1.15 bits per heavy atom. The quantitative estimate of drug-likeness (QED) is 0.722. The minimum atomic E-state index is 0.634. The minimum absolute atomic E-state index is 0.634. The first-order chi connectivity index (χ1) is 9.88. The van der Waals surface area contributed by atoms with Gasteiger partial charge in [-0.1, -0.05) is 36.4 Å². The van der Waals surface area contributed by atoms with Crippen LogP contribution in [0.3, 0.4) is 0 Å². The van der Waals surface area contributed by atoms with Gasteiger partial charge in [0.15, 0.2) is 0 Å². The molecule has 2 heterocycles. The monoisotopic (exact) mass is 267 g/mol. The topological polar surface area (TPSA) is 16.1 Å². The van der Waals surface area contributed by atoms with Gasteiger partial charge in [-0.05, 0) is 37.5 Å². The van der Waals surface area contributed by atoms with E-state index < -0.39 is 0 Å². The average Bonchev–Trinajstić information content (AvgIpc) is 2.88. The average molecular weight is 267 g/mol. The van der Waals surface area contributed by atoms with Crippen LogP contribution in [-0.4, -0.2) is 10.9 Å². The van der Waals surface area contributed by atoms with Crippen LogP contribution in [0.25, 0.3) is 0 Å². The number of benzene rings is 1. The van der Waals surface area contributed by atoms with E-state index in [2.05, 4.69) is 54.3 Å². The Hall–Kier alpha value is -1.96. The Balaban J connectivity index is 1.50. The van der Waals surface area contributed by atoms with Crippen molar-refractivity contribution in [2.24, 2.45) is 0 Å². The Morgan fingerprint density at radius 3 is 2.70 bits per heavy atom. The van der Waals surface area contributed by atoms with E-state index in [0.717, 1.165) is 18.7 Å². The van der Waals surface area contributed by atoms with E-state index in [1.165, 1.54) is 24.1 Å². The van der Waals surface area contributed by atoms with E-state index in [1.54, 1.807) is 6.26 Å². The van der Waals surface area contributed by atoms with Gasteiger partial charge in [0.2, 0.25) is 0 Å². The maximum atomic E-state index is 5.38. The second-order valence-corrected chi connectivity index (χ2v) is 5.31. The smallest absolute Gasteiger partial charge is 0.103 e. The van der Waals surface area contributed by atoms with Crippen LogP contribution in [0.2, 0.25) is 0 Å². The van der Waals surface area contributed by atoms with E-state index in [4.69, 9.17) is 4.42 Å². The van der Waals surface area contributed by atoms with Gasteiger partial charge in [-0.25, -0.2) is 0 Å². The van der Waals surface area contributed by atoms with Gasteiger partial charge in [0.05, 0.1) is 12.3 Å². The molecule has 1 atom stereocenters. The molecule has 3 rings (SSSR count). The van der Waals surface area contributed by atoms with Crippen molar-refractivity contribution in [1.82, 2.24) is 4.90 Å². The van der Waals surface area contributed by atoms with Crippen molar-refractivity contribution in [1.29, 1.82) is 0 Å². The maximum Gasteiger partial charge on any atom is 0.103 e. The first-order valence-corrected chi connectivity index (χ1v) is 7.37. The molecular weight excluding hydrogens is 246 g/mol. The zero-order chi connectivity index (χ0) is 13.8. The van der Waals surface area contributed by atoms with Gasteiger partial charge in [0.1, 0.15) is 5.76 Å². The van der Waals surface area contributed by atoms with Gasteiger partial charge in [0, 0.05) is 18.7 Å². The molecule has 1 fully saturated rings. The Labute approximate surface area is 120 Å². The van der Waals surface area contributed by atoms with Crippen molar-refractivity contribution in [3.63, 3.8) is 0 Å². The van der Waals surface area contributed by atoms with Gasteiger partial charge in [-0.15, -0.1) is 0 Å². The van der Waals surface area contributed by atoms with Crippen LogP contribution in [0.5, 0.6) is 0 Å². The lowest BCUT2D eigenvalue weighted by Crippen LogP contribution is -2.02. The van der Waals surface area contributed by atoms with Gasteiger partial charge in [-0.3, -0.25) is 0 Å². The highest BCUT2D eigenvalue weighted by Gasteiger charge is 2.38. The highest BCUT2D eigenvalue weighted by molar-refractivity contribution is 5.28. The highest BCUT2D eigenvalue weighted by Crippen LogP contribution is 2.38. The first-order valence-electron chi connectivity index (χ1n) is 7.37. The van der Waals surface area contributed by atoms with Gasteiger partial charge in [0.25, 0.3) is 0 Å². The fourth-order valence-electron chi connectivity index (χ4n) is 2.87. The number of hydrogen-bond acceptors (Lipinski definition) is 2. The lowest BCUT2D eigenvalue weighted by atomic mass is 10.1. The van der Waals surface area contributed by atoms with Crippen LogP contribution in [0, 0.1) is 0 Å². The fraction of sp³-hybridized carbons (Fsp3) is 0.333. The lowest BCUT2D eigenvalue weighted by Gasteiger charge is -2.04. The van der Waals surface area contributed by atoms with E-state index in [-0.39, 0.29) is 0 Å². The summed E-state index contributed by atoms with van der Waals surface area (Å²) < 4.78 is 5.38. The minimum Gasteiger partial charge on any atom is -0.469 e. The summed E-state index contributed by atoms with van der Waals surface area (Å²) >= 11 is 0. The summed E-state index contributed by atoms with van der Waals surface area (Å²) in [5, 5.41) is 0. The molecule has 1 aromatic heterocycles. The van der Waals surface area contributed by atoms with Gasteiger partial charge in [-0.2, -0.15) is 0 Å². The molecule has 1 aliphatic heterocycles. The number of aryl methyl sites for hydroxylation is 1. The molecule has 20 heavy (non-hydrogen) atoms. The van der Waals surface area contributed by atoms with Crippen LogP contribution in [-0.2, 0) is 13.0 Å². The molecule has 1 saturated heterocycles. The molecule has 2 heteroatoms. The zero-order valence-corrected chi connectivity index (χ0v) is 12.0. The van der Waals surface area contributed by atoms with Crippen molar-refractivity contribution in [2.75, 3.05) is 0 Å². The van der Waals surface area contributed by atoms with Crippen molar-refractivity contribution in [2.45, 2.75) is 38.8 Å². The molecule has 1 aromatic carbocycles. The molecule has 0 unspecified atom stereocenters. The number of furan rings is 1. The molecule has 0 N–H and O–H groups in total. The molecule has 0 saturated carbocycles. The van der Waals surface area contributed by atoms with Crippen LogP contribution in [0.1, 0.15) is 31.1 Å². The Bertz CT molecular complexity index is 556. The van der Waals surface area contributed by atoms with Crippen molar-refractivity contribution in [3.05, 3.63) is 71.8 Å². The second kappa shape index (κ2) is 6.00. The summed E-state index contributed by atoms with van der Waals surface area (Å²) in [5.41, 5.74) is 2.88. The molecule has 0 bridgehead atoms. The summed E-state index contributed by atoms with van der Waals surface area (Å²) in [7, 11) is 0. The Kier molecular flexibility index (Phi) is 3.91. The van der Waals surface area contributed by atoms with Gasteiger partial charge >= 0.3 is 0 Å². The molecule has 2 nitrogen and oxygen atoms in total. The van der Waals surface area contributed by atoms with E-state index in [9.17, 15) is 0 Å². The second-order valence-electron chi connectivity index (χ2n) is 5.31. The molecule has 104 valence electrons. The lowest BCUT2D eigenvalue weighted by molar-refractivity contribution is 0.466. The van der Waals surface area contributed by atoms with Gasteiger partial charge < -0.3 is 9.32 Å². The third kappa shape index (κ3) is 2.96. The zero-order valence-electron chi connectivity index (χ0n) is 12.0. The normalized spacial score (nSPS) is 19.6.